The van der Waals surface area contributed by atoms with Crippen molar-refractivity contribution in [3.8, 4) is 5.75 Å². The summed E-state index contributed by atoms with van der Waals surface area (Å²) in [5.74, 6) is 0.464. The van der Waals surface area contributed by atoms with Crippen LogP contribution in [-0.4, -0.2) is 22.7 Å². The van der Waals surface area contributed by atoms with E-state index in [1.165, 1.54) is 16.9 Å². The Morgan fingerprint density at radius 1 is 1.08 bits per heavy atom. The van der Waals surface area contributed by atoms with Gasteiger partial charge < -0.3 is 4.74 Å². The molecule has 0 saturated heterocycles. The lowest BCUT2D eigenvalue weighted by Gasteiger charge is -2.11. The molecule has 0 atom stereocenters. The normalized spacial score (nSPS) is 10.4. The van der Waals surface area contributed by atoms with Gasteiger partial charge in [0, 0.05) is 6.42 Å². The molecule has 2 aromatic carbocycles. The van der Waals surface area contributed by atoms with Crippen LogP contribution in [0.4, 0.5) is 5.13 Å². The van der Waals surface area contributed by atoms with Crippen LogP contribution < -0.4 is 10.1 Å². The van der Waals surface area contributed by atoms with E-state index in [-0.39, 0.29) is 12.5 Å². The van der Waals surface area contributed by atoms with Gasteiger partial charge in [-0.1, -0.05) is 59.9 Å². The maximum atomic E-state index is 12.0. The molecule has 1 amide bonds. The number of para-hydroxylation sites is 1. The van der Waals surface area contributed by atoms with Crippen molar-refractivity contribution in [3.63, 3.8) is 0 Å². The molecule has 0 aliphatic carbocycles. The highest BCUT2D eigenvalue weighted by Gasteiger charge is 2.09. The highest BCUT2D eigenvalue weighted by atomic mass is 32.1. The lowest BCUT2D eigenvalue weighted by atomic mass is 10.0. The Labute approximate surface area is 144 Å². The first kappa shape index (κ1) is 16.1. The van der Waals surface area contributed by atoms with Gasteiger partial charge in [0.2, 0.25) is 5.13 Å². The van der Waals surface area contributed by atoms with Crippen LogP contribution in [0.3, 0.4) is 0 Å². The van der Waals surface area contributed by atoms with Crippen molar-refractivity contribution >= 4 is 22.4 Å². The molecule has 0 bridgehead atoms. The average molecular weight is 339 g/mol. The number of nitrogens with one attached hydrogen (secondary N) is 1. The molecule has 0 fully saturated rings. The molecular formula is C18H17N3O2S. The monoisotopic (exact) mass is 339 g/mol. The highest BCUT2D eigenvalue weighted by Crippen LogP contribution is 2.21. The lowest BCUT2D eigenvalue weighted by molar-refractivity contribution is -0.118. The molecule has 1 aromatic heterocycles. The molecule has 0 spiro atoms. The number of aromatic nitrogens is 2. The molecule has 0 aliphatic heterocycles. The van der Waals surface area contributed by atoms with E-state index in [1.807, 2.05) is 49.4 Å². The Morgan fingerprint density at radius 2 is 1.83 bits per heavy atom. The number of aryl methyl sites for hydroxylation is 1. The van der Waals surface area contributed by atoms with Gasteiger partial charge in [0.1, 0.15) is 10.8 Å². The van der Waals surface area contributed by atoms with Gasteiger partial charge in [-0.25, -0.2) is 0 Å². The van der Waals surface area contributed by atoms with E-state index in [0.29, 0.717) is 10.9 Å². The second-order valence-corrected chi connectivity index (χ2v) is 6.41. The number of amides is 1. The summed E-state index contributed by atoms with van der Waals surface area (Å²) in [6.45, 7) is 1.77. The summed E-state index contributed by atoms with van der Waals surface area (Å²) in [5.41, 5.74) is 2.24. The summed E-state index contributed by atoms with van der Waals surface area (Å²) in [7, 11) is 0. The Kier molecular flexibility index (Phi) is 5.18. The van der Waals surface area contributed by atoms with Crippen molar-refractivity contribution in [1.29, 1.82) is 0 Å². The maximum absolute atomic E-state index is 12.0. The van der Waals surface area contributed by atoms with Crippen LogP contribution >= 0.6 is 11.3 Å². The Hall–Kier alpha value is -2.73. The molecule has 6 heteroatoms. The van der Waals surface area contributed by atoms with Gasteiger partial charge >= 0.3 is 0 Å². The number of carbonyl (C=O) groups excluding carboxylic acids is 1. The Morgan fingerprint density at radius 3 is 2.58 bits per heavy atom. The predicted octanol–water partition coefficient (Wildman–Crippen LogP) is 3.45. The van der Waals surface area contributed by atoms with Crippen molar-refractivity contribution in [3.05, 3.63) is 70.7 Å². The summed E-state index contributed by atoms with van der Waals surface area (Å²) >= 11 is 1.33. The number of hydrogen-bond acceptors (Lipinski definition) is 5. The molecule has 122 valence electrons. The molecule has 1 N–H and O–H groups in total. The van der Waals surface area contributed by atoms with Gasteiger partial charge in [-0.2, -0.15) is 0 Å². The predicted molar refractivity (Wildman–Crippen MR) is 94.5 cm³/mol. The minimum atomic E-state index is -0.249. The number of nitrogens with zero attached hydrogens (tertiary/aromatic N) is 2. The average Bonchev–Trinajstić information content (AvgIpc) is 3.00. The second kappa shape index (κ2) is 7.70. The van der Waals surface area contributed by atoms with Crippen LogP contribution in [0, 0.1) is 6.92 Å². The van der Waals surface area contributed by atoms with E-state index in [2.05, 4.69) is 27.6 Å². The van der Waals surface area contributed by atoms with Crippen LogP contribution in [0.25, 0.3) is 0 Å². The minimum absolute atomic E-state index is 0.0650. The zero-order valence-electron chi connectivity index (χ0n) is 13.2. The van der Waals surface area contributed by atoms with Crippen LogP contribution in [-0.2, 0) is 11.2 Å². The number of benzene rings is 2. The van der Waals surface area contributed by atoms with E-state index in [1.54, 1.807) is 0 Å². The van der Waals surface area contributed by atoms with Crippen molar-refractivity contribution < 1.29 is 9.53 Å². The fourth-order valence-corrected chi connectivity index (χ4v) is 2.86. The second-order valence-electron chi connectivity index (χ2n) is 5.23. The number of carbonyl (C=O) groups is 1. The summed E-state index contributed by atoms with van der Waals surface area (Å²) < 4.78 is 5.69. The Balaban J connectivity index is 1.61. The SMILES string of the molecule is Cc1nnc(NC(=O)COc2ccccc2Cc2ccccc2)s1. The minimum Gasteiger partial charge on any atom is -0.483 e. The third-order valence-corrected chi connectivity index (χ3v) is 4.10. The summed E-state index contributed by atoms with van der Waals surface area (Å²) in [5, 5.41) is 11.7. The quantitative estimate of drug-likeness (QED) is 0.747. The molecule has 5 nitrogen and oxygen atoms in total. The smallest absolute Gasteiger partial charge is 0.264 e. The van der Waals surface area contributed by atoms with Gasteiger partial charge in [0.25, 0.3) is 5.91 Å². The third kappa shape index (κ3) is 4.39. The molecule has 3 rings (SSSR count). The zero-order chi connectivity index (χ0) is 16.8. The lowest BCUT2D eigenvalue weighted by Crippen LogP contribution is -2.20. The molecule has 0 saturated carbocycles. The van der Waals surface area contributed by atoms with Crippen LogP contribution in [0.2, 0.25) is 0 Å². The maximum Gasteiger partial charge on any atom is 0.264 e. The van der Waals surface area contributed by atoms with Crippen molar-refractivity contribution in [1.82, 2.24) is 10.2 Å². The van der Waals surface area contributed by atoms with Gasteiger partial charge in [-0.15, -0.1) is 10.2 Å². The Bertz CT molecular complexity index is 818. The van der Waals surface area contributed by atoms with Crippen molar-refractivity contribution in [2.24, 2.45) is 0 Å². The molecule has 0 unspecified atom stereocenters. The third-order valence-electron chi connectivity index (χ3n) is 3.34. The summed E-state index contributed by atoms with van der Waals surface area (Å²) in [6, 6.07) is 17.9. The van der Waals surface area contributed by atoms with E-state index >= 15 is 0 Å². The van der Waals surface area contributed by atoms with Crippen molar-refractivity contribution in [2.75, 3.05) is 11.9 Å². The zero-order valence-corrected chi connectivity index (χ0v) is 14.0. The van der Waals surface area contributed by atoms with Gasteiger partial charge in [0.15, 0.2) is 6.61 Å². The van der Waals surface area contributed by atoms with Crippen LogP contribution in [0.15, 0.2) is 54.6 Å². The van der Waals surface area contributed by atoms with Crippen molar-refractivity contribution in [2.45, 2.75) is 13.3 Å². The first-order chi connectivity index (χ1) is 11.7. The topological polar surface area (TPSA) is 64.1 Å². The van der Waals surface area contributed by atoms with Gasteiger partial charge in [-0.3, -0.25) is 10.1 Å². The van der Waals surface area contributed by atoms with Gasteiger partial charge in [-0.05, 0) is 24.1 Å². The fraction of sp³-hybridized carbons (Fsp3) is 0.167. The molecular weight excluding hydrogens is 322 g/mol. The number of rotatable bonds is 6. The van der Waals surface area contributed by atoms with E-state index in [9.17, 15) is 4.79 Å². The van der Waals surface area contributed by atoms with E-state index < -0.39 is 0 Å². The largest absolute Gasteiger partial charge is 0.483 e. The standard InChI is InChI=1S/C18H17N3O2S/c1-13-20-21-18(24-13)19-17(22)12-23-16-10-6-5-9-15(16)11-14-7-3-2-4-8-14/h2-10H,11-12H2,1H3,(H,19,21,22). The molecule has 24 heavy (non-hydrogen) atoms. The molecule has 0 aliphatic rings. The summed E-state index contributed by atoms with van der Waals surface area (Å²) in [6.07, 6.45) is 0.758. The molecule has 1 heterocycles. The number of hydrogen-bond donors (Lipinski definition) is 1. The van der Waals surface area contributed by atoms with Crippen LogP contribution in [0.5, 0.6) is 5.75 Å². The molecule has 3 aromatic rings. The van der Waals surface area contributed by atoms with E-state index in [0.717, 1.165) is 17.0 Å². The number of ether oxygens (including phenoxy) is 1. The number of anilines is 1. The van der Waals surface area contributed by atoms with Gasteiger partial charge in [0.05, 0.1) is 0 Å². The summed E-state index contributed by atoms with van der Waals surface area (Å²) in [4.78, 5) is 12.0. The highest BCUT2D eigenvalue weighted by molar-refractivity contribution is 7.15. The molecule has 0 radical (unpaired) electrons. The van der Waals surface area contributed by atoms with Crippen LogP contribution in [0.1, 0.15) is 16.1 Å². The first-order valence-electron chi connectivity index (χ1n) is 7.55. The van der Waals surface area contributed by atoms with E-state index in [4.69, 9.17) is 4.74 Å². The fourth-order valence-electron chi connectivity index (χ4n) is 2.25. The first-order valence-corrected chi connectivity index (χ1v) is 8.37.